The maximum absolute atomic E-state index is 5.21. The maximum atomic E-state index is 5.21. The molecule has 0 amide bonds. The minimum atomic E-state index is 0.131. The third-order valence-electron chi connectivity index (χ3n) is 2.80. The van der Waals surface area contributed by atoms with Crippen LogP contribution in [0.5, 0.6) is 6.01 Å². The summed E-state index contributed by atoms with van der Waals surface area (Å²) in [5.41, 5.74) is 0. The molecule has 0 saturated heterocycles. The van der Waals surface area contributed by atoms with Gasteiger partial charge in [0.15, 0.2) is 0 Å². The standard InChI is InChI=1S/C13H25N5O2/c1-6-7-14-11-16-12(18-13(17-11)20-5)15-10(8-19-4)9(2)3/h9-10H,6-8H2,1-5H3,(H2,14,15,16,17,18). The molecule has 1 heterocycles. The third kappa shape index (κ3) is 5.16. The second kappa shape index (κ2) is 8.52. The molecule has 0 saturated carbocycles. The number of nitrogens with zero attached hydrogens (tertiary/aromatic N) is 3. The van der Waals surface area contributed by atoms with Crippen molar-refractivity contribution in [2.45, 2.75) is 33.2 Å². The molecule has 0 aliphatic rings. The van der Waals surface area contributed by atoms with Gasteiger partial charge in [0.1, 0.15) is 0 Å². The number of rotatable bonds is 9. The Labute approximate surface area is 120 Å². The minimum Gasteiger partial charge on any atom is -0.467 e. The smallest absolute Gasteiger partial charge is 0.322 e. The summed E-state index contributed by atoms with van der Waals surface area (Å²) in [5, 5.41) is 6.39. The van der Waals surface area contributed by atoms with E-state index in [2.05, 4.69) is 46.4 Å². The van der Waals surface area contributed by atoms with Crippen molar-refractivity contribution in [3.8, 4) is 6.01 Å². The Bertz CT molecular complexity index is 400. The van der Waals surface area contributed by atoms with Crippen LogP contribution in [0, 0.1) is 5.92 Å². The molecule has 2 N–H and O–H groups in total. The van der Waals surface area contributed by atoms with E-state index in [1.807, 2.05) is 0 Å². The van der Waals surface area contributed by atoms with Gasteiger partial charge in [-0.25, -0.2) is 0 Å². The van der Waals surface area contributed by atoms with Gasteiger partial charge in [-0.2, -0.15) is 15.0 Å². The van der Waals surface area contributed by atoms with E-state index in [9.17, 15) is 0 Å². The van der Waals surface area contributed by atoms with E-state index in [4.69, 9.17) is 9.47 Å². The quantitative estimate of drug-likeness (QED) is 0.715. The van der Waals surface area contributed by atoms with Gasteiger partial charge in [0.2, 0.25) is 11.9 Å². The van der Waals surface area contributed by atoms with Gasteiger partial charge in [0.05, 0.1) is 19.8 Å². The largest absolute Gasteiger partial charge is 0.467 e. The molecule has 0 bridgehead atoms. The Morgan fingerprint density at radius 1 is 1.10 bits per heavy atom. The Morgan fingerprint density at radius 3 is 2.35 bits per heavy atom. The highest BCUT2D eigenvalue weighted by molar-refractivity contribution is 5.36. The first-order chi connectivity index (χ1) is 9.60. The zero-order chi connectivity index (χ0) is 15.0. The Morgan fingerprint density at radius 2 is 1.80 bits per heavy atom. The number of aromatic nitrogens is 3. The average Bonchev–Trinajstić information content (AvgIpc) is 2.44. The number of hydrogen-bond acceptors (Lipinski definition) is 7. The Hall–Kier alpha value is -1.63. The van der Waals surface area contributed by atoms with Crippen molar-refractivity contribution in [3.63, 3.8) is 0 Å². The van der Waals surface area contributed by atoms with E-state index in [0.29, 0.717) is 30.4 Å². The first kappa shape index (κ1) is 16.4. The molecule has 114 valence electrons. The lowest BCUT2D eigenvalue weighted by atomic mass is 10.1. The molecule has 0 radical (unpaired) electrons. The van der Waals surface area contributed by atoms with E-state index in [1.165, 1.54) is 7.11 Å². The summed E-state index contributed by atoms with van der Waals surface area (Å²) in [6, 6.07) is 0.423. The lowest BCUT2D eigenvalue weighted by molar-refractivity contribution is 0.171. The second-order valence-corrected chi connectivity index (χ2v) is 4.85. The number of anilines is 2. The van der Waals surface area contributed by atoms with Crippen molar-refractivity contribution in [1.29, 1.82) is 0 Å². The topological polar surface area (TPSA) is 81.2 Å². The highest BCUT2D eigenvalue weighted by Crippen LogP contribution is 2.14. The van der Waals surface area contributed by atoms with Crippen LogP contribution in [0.4, 0.5) is 11.9 Å². The molecular formula is C13H25N5O2. The average molecular weight is 283 g/mol. The summed E-state index contributed by atoms with van der Waals surface area (Å²) in [5.74, 6) is 1.40. The molecule has 0 fully saturated rings. The molecular weight excluding hydrogens is 258 g/mol. The molecule has 7 heteroatoms. The Kier molecular flexibility index (Phi) is 7.00. The number of hydrogen-bond donors (Lipinski definition) is 2. The highest BCUT2D eigenvalue weighted by atomic mass is 16.5. The number of ether oxygens (including phenoxy) is 2. The van der Waals surface area contributed by atoms with Crippen molar-refractivity contribution in [2.24, 2.45) is 5.92 Å². The summed E-state index contributed by atoms with van der Waals surface area (Å²) >= 11 is 0. The molecule has 1 aromatic heterocycles. The van der Waals surface area contributed by atoms with E-state index < -0.39 is 0 Å². The van der Waals surface area contributed by atoms with E-state index in [1.54, 1.807) is 7.11 Å². The highest BCUT2D eigenvalue weighted by Gasteiger charge is 2.16. The van der Waals surface area contributed by atoms with Crippen LogP contribution in [0.2, 0.25) is 0 Å². The lowest BCUT2D eigenvalue weighted by Gasteiger charge is -2.21. The van der Waals surface area contributed by atoms with Gasteiger partial charge >= 0.3 is 6.01 Å². The molecule has 0 spiro atoms. The van der Waals surface area contributed by atoms with Crippen LogP contribution in [0.1, 0.15) is 27.2 Å². The molecule has 0 aliphatic heterocycles. The third-order valence-corrected chi connectivity index (χ3v) is 2.80. The van der Waals surface area contributed by atoms with Crippen LogP contribution >= 0.6 is 0 Å². The van der Waals surface area contributed by atoms with Crippen molar-refractivity contribution < 1.29 is 9.47 Å². The monoisotopic (exact) mass is 283 g/mol. The summed E-state index contributed by atoms with van der Waals surface area (Å²) in [7, 11) is 3.22. The first-order valence-electron chi connectivity index (χ1n) is 6.90. The molecule has 20 heavy (non-hydrogen) atoms. The molecule has 1 unspecified atom stereocenters. The van der Waals surface area contributed by atoms with Crippen molar-refractivity contribution >= 4 is 11.9 Å². The van der Waals surface area contributed by atoms with Gasteiger partial charge in [0, 0.05) is 13.7 Å². The molecule has 1 aromatic rings. The van der Waals surface area contributed by atoms with Crippen LogP contribution in [0.25, 0.3) is 0 Å². The lowest BCUT2D eigenvalue weighted by Crippen LogP contribution is -2.31. The van der Waals surface area contributed by atoms with Crippen LogP contribution in [-0.4, -0.2) is 48.4 Å². The van der Waals surface area contributed by atoms with Gasteiger partial charge in [-0.3, -0.25) is 0 Å². The maximum Gasteiger partial charge on any atom is 0.322 e. The molecule has 1 rings (SSSR count). The minimum absolute atomic E-state index is 0.131. The van der Waals surface area contributed by atoms with Crippen molar-refractivity contribution in [3.05, 3.63) is 0 Å². The summed E-state index contributed by atoms with van der Waals surface area (Å²) in [4.78, 5) is 12.7. The van der Waals surface area contributed by atoms with Gasteiger partial charge in [-0.15, -0.1) is 0 Å². The summed E-state index contributed by atoms with van der Waals surface area (Å²) in [6.45, 7) is 7.70. The fourth-order valence-corrected chi connectivity index (χ4v) is 1.57. The number of methoxy groups -OCH3 is 2. The molecule has 0 aliphatic carbocycles. The molecule has 0 aromatic carbocycles. The first-order valence-corrected chi connectivity index (χ1v) is 6.90. The predicted molar refractivity (Wildman–Crippen MR) is 79.3 cm³/mol. The Balaban J connectivity index is 2.86. The van der Waals surface area contributed by atoms with E-state index >= 15 is 0 Å². The van der Waals surface area contributed by atoms with Crippen LogP contribution in [0.15, 0.2) is 0 Å². The van der Waals surface area contributed by atoms with Crippen molar-refractivity contribution in [2.75, 3.05) is 38.0 Å². The van der Waals surface area contributed by atoms with Gasteiger partial charge in [0.25, 0.3) is 0 Å². The summed E-state index contributed by atoms with van der Waals surface area (Å²) in [6.07, 6.45) is 0.995. The van der Waals surface area contributed by atoms with E-state index in [0.717, 1.165) is 13.0 Å². The normalized spacial score (nSPS) is 12.3. The van der Waals surface area contributed by atoms with Gasteiger partial charge in [-0.1, -0.05) is 20.8 Å². The van der Waals surface area contributed by atoms with Crippen LogP contribution in [0.3, 0.4) is 0 Å². The van der Waals surface area contributed by atoms with E-state index in [-0.39, 0.29) is 6.04 Å². The van der Waals surface area contributed by atoms with Gasteiger partial charge in [-0.05, 0) is 12.3 Å². The fourth-order valence-electron chi connectivity index (χ4n) is 1.57. The van der Waals surface area contributed by atoms with Crippen LogP contribution < -0.4 is 15.4 Å². The number of nitrogens with one attached hydrogen (secondary N) is 2. The SMILES string of the molecule is CCCNc1nc(NC(COC)C(C)C)nc(OC)n1. The fraction of sp³-hybridized carbons (Fsp3) is 0.769. The zero-order valence-electron chi connectivity index (χ0n) is 12.9. The second-order valence-electron chi connectivity index (χ2n) is 4.85. The molecule has 1 atom stereocenters. The van der Waals surface area contributed by atoms with Gasteiger partial charge < -0.3 is 20.1 Å². The van der Waals surface area contributed by atoms with Crippen LogP contribution in [-0.2, 0) is 4.74 Å². The van der Waals surface area contributed by atoms with Crippen molar-refractivity contribution in [1.82, 2.24) is 15.0 Å². The zero-order valence-corrected chi connectivity index (χ0v) is 12.9. The predicted octanol–water partition coefficient (Wildman–Crippen LogP) is 1.78. The summed E-state index contributed by atoms with van der Waals surface area (Å²) < 4.78 is 10.3. The molecule has 7 nitrogen and oxygen atoms in total.